The van der Waals surface area contributed by atoms with Crippen molar-refractivity contribution in [2.75, 3.05) is 6.61 Å². The lowest BCUT2D eigenvalue weighted by atomic mass is 9.99. The maximum Gasteiger partial charge on any atom is 0.303 e. The maximum absolute atomic E-state index is 11.9. The van der Waals surface area contributed by atoms with Gasteiger partial charge in [0.15, 0.2) is 42.5 Å². The summed E-state index contributed by atoms with van der Waals surface area (Å²) in [4.78, 5) is 23.6. The predicted molar refractivity (Wildman–Crippen MR) is 118 cm³/mol. The summed E-state index contributed by atoms with van der Waals surface area (Å²) in [7, 11) is 0. The van der Waals surface area contributed by atoms with Gasteiger partial charge in [0.2, 0.25) is 0 Å². The van der Waals surface area contributed by atoms with Crippen LogP contribution in [0.15, 0.2) is 0 Å². The van der Waals surface area contributed by atoms with E-state index in [9.17, 15) is 9.59 Å². The molecule has 0 bridgehead atoms. The third-order valence-corrected chi connectivity index (χ3v) is 6.79. The van der Waals surface area contributed by atoms with E-state index >= 15 is 0 Å². The van der Waals surface area contributed by atoms with Crippen LogP contribution < -0.4 is 0 Å². The Hall–Kier alpha value is -1.42. The van der Waals surface area contributed by atoms with E-state index in [1.807, 2.05) is 13.8 Å². The average molecular weight is 533 g/mol. The van der Waals surface area contributed by atoms with Crippen molar-refractivity contribution in [2.24, 2.45) is 0 Å². The summed E-state index contributed by atoms with van der Waals surface area (Å²) in [6.07, 6.45) is -7.59. The van der Waals surface area contributed by atoms with Crippen LogP contribution in [-0.2, 0) is 61.7 Å². The molecule has 0 saturated carbocycles. The van der Waals surface area contributed by atoms with E-state index in [4.69, 9.17) is 52.1 Å². The minimum Gasteiger partial charge on any atom is -0.456 e. The maximum atomic E-state index is 11.9. The molecular formula is C24H36O13. The molecule has 210 valence electrons. The van der Waals surface area contributed by atoms with Crippen LogP contribution in [0.1, 0.15) is 55.4 Å². The van der Waals surface area contributed by atoms with Crippen molar-refractivity contribution in [3.8, 4) is 0 Å². The van der Waals surface area contributed by atoms with Gasteiger partial charge in [0.05, 0.1) is 12.7 Å². The molecule has 0 N–H and O–H groups in total. The zero-order chi connectivity index (χ0) is 26.9. The van der Waals surface area contributed by atoms with E-state index in [0.717, 1.165) is 0 Å². The molecule has 5 heterocycles. The Balaban J connectivity index is 1.38. The molecule has 5 fully saturated rings. The molecule has 0 radical (unpaired) electrons. The van der Waals surface area contributed by atoms with Gasteiger partial charge in [-0.3, -0.25) is 14.3 Å². The van der Waals surface area contributed by atoms with Gasteiger partial charge in [-0.05, 0) is 34.6 Å². The second-order valence-corrected chi connectivity index (χ2v) is 10.9. The predicted octanol–water partition coefficient (Wildman–Crippen LogP) is 1.10. The van der Waals surface area contributed by atoms with Gasteiger partial charge in [0.1, 0.15) is 24.4 Å². The van der Waals surface area contributed by atoms with Crippen LogP contribution in [0.2, 0.25) is 0 Å². The van der Waals surface area contributed by atoms with Crippen molar-refractivity contribution >= 4 is 11.9 Å². The first-order valence-corrected chi connectivity index (χ1v) is 12.5. The molecule has 0 spiro atoms. The lowest BCUT2D eigenvalue weighted by Gasteiger charge is -2.39. The molecule has 0 aromatic rings. The second kappa shape index (κ2) is 9.35. The van der Waals surface area contributed by atoms with E-state index in [1.165, 1.54) is 13.8 Å². The minimum absolute atomic E-state index is 0.281. The first-order valence-electron chi connectivity index (χ1n) is 12.5. The van der Waals surface area contributed by atoms with E-state index in [1.54, 1.807) is 27.7 Å². The van der Waals surface area contributed by atoms with Crippen LogP contribution in [0.5, 0.6) is 0 Å². The van der Waals surface area contributed by atoms with E-state index < -0.39 is 90.9 Å². The number of fused-ring (bicyclic) bond motifs is 2. The van der Waals surface area contributed by atoms with E-state index in [2.05, 4.69) is 0 Å². The lowest BCUT2D eigenvalue weighted by molar-refractivity contribution is -0.372. The summed E-state index contributed by atoms with van der Waals surface area (Å²) in [5.74, 6) is -4.46. The van der Waals surface area contributed by atoms with E-state index in [0.29, 0.717) is 0 Å². The molecule has 11 atom stereocenters. The van der Waals surface area contributed by atoms with Crippen LogP contribution >= 0.6 is 0 Å². The van der Waals surface area contributed by atoms with Gasteiger partial charge < -0.3 is 47.4 Å². The summed E-state index contributed by atoms with van der Waals surface area (Å²) in [5.41, 5.74) is 0. The fourth-order valence-electron chi connectivity index (χ4n) is 5.48. The van der Waals surface area contributed by atoms with Crippen molar-refractivity contribution in [3.05, 3.63) is 0 Å². The molecule has 13 nitrogen and oxygen atoms in total. The van der Waals surface area contributed by atoms with Gasteiger partial charge in [-0.25, -0.2) is 0 Å². The molecule has 0 aromatic heterocycles. The molecule has 5 aliphatic rings. The highest BCUT2D eigenvalue weighted by Crippen LogP contribution is 2.46. The molecular weight excluding hydrogens is 496 g/mol. The van der Waals surface area contributed by atoms with Crippen LogP contribution in [0, 0.1) is 0 Å². The van der Waals surface area contributed by atoms with Crippen molar-refractivity contribution in [3.63, 3.8) is 0 Å². The van der Waals surface area contributed by atoms with Crippen LogP contribution in [-0.4, -0.2) is 97.5 Å². The summed E-state index contributed by atoms with van der Waals surface area (Å²) < 4.78 is 65.6. The molecule has 5 saturated heterocycles. The molecule has 0 amide bonds. The summed E-state index contributed by atoms with van der Waals surface area (Å²) >= 11 is 0. The minimum atomic E-state index is -1.66. The Morgan fingerprint density at radius 3 is 1.95 bits per heavy atom. The number of rotatable bonds is 5. The number of carbonyl (C=O) groups is 2. The Morgan fingerprint density at radius 2 is 1.32 bits per heavy atom. The number of esters is 2. The Kier molecular flexibility index (Phi) is 6.86. The van der Waals surface area contributed by atoms with Crippen molar-refractivity contribution < 1.29 is 61.7 Å². The topological polar surface area (TPSA) is 136 Å². The SMILES string of the molecule is CC(=O)O[C@@H]1[C@@H](OC(C)=O)[C@H](C)O[C@@H]2OC(C)(O[C@@H]3[C@H]4OC(C)(C)O[C@H]4O[C@@H]3[C@H]3COC(C)(C)O3)O[C@@H]21. The fraction of sp³-hybridized carbons (Fsp3) is 0.917. The van der Waals surface area contributed by atoms with Crippen LogP contribution in [0.25, 0.3) is 0 Å². The third kappa shape index (κ3) is 5.38. The second-order valence-electron chi connectivity index (χ2n) is 10.9. The zero-order valence-corrected chi connectivity index (χ0v) is 22.3. The first-order chi connectivity index (χ1) is 17.2. The quantitative estimate of drug-likeness (QED) is 0.468. The summed E-state index contributed by atoms with van der Waals surface area (Å²) in [5, 5.41) is 0. The Morgan fingerprint density at radius 1 is 0.703 bits per heavy atom. The third-order valence-electron chi connectivity index (χ3n) is 6.79. The number of ether oxygens (including phenoxy) is 11. The van der Waals surface area contributed by atoms with Crippen LogP contribution in [0.3, 0.4) is 0 Å². The molecule has 37 heavy (non-hydrogen) atoms. The standard InChI is InChI=1S/C24H36O13/c1-10-14(29-11(2)25)16(30-12(3)26)18-20(28-10)37-24(8,35-18)34-17-15(13-9-27-22(4,5)32-13)31-21-19(17)33-23(6,7)36-21/h10,13-21H,9H2,1-8H3/t10-,13+,14-,15+,16+,17-,18+,19+,20+,21+,24?/m0/s1. The van der Waals surface area contributed by atoms with Gasteiger partial charge in [-0.2, -0.15) is 0 Å². The van der Waals surface area contributed by atoms with Gasteiger partial charge in [0.25, 0.3) is 5.97 Å². The van der Waals surface area contributed by atoms with Gasteiger partial charge in [-0.15, -0.1) is 0 Å². The molecule has 0 aliphatic carbocycles. The number of carbonyl (C=O) groups excluding carboxylic acids is 2. The van der Waals surface area contributed by atoms with Gasteiger partial charge in [-0.1, -0.05) is 0 Å². The van der Waals surface area contributed by atoms with E-state index in [-0.39, 0.29) is 6.61 Å². The summed E-state index contributed by atoms with van der Waals surface area (Å²) in [6, 6.07) is 0. The first kappa shape index (κ1) is 27.2. The fourth-order valence-corrected chi connectivity index (χ4v) is 5.48. The van der Waals surface area contributed by atoms with Crippen molar-refractivity contribution in [1.82, 2.24) is 0 Å². The largest absolute Gasteiger partial charge is 0.456 e. The molecule has 5 aliphatic heterocycles. The Bertz CT molecular complexity index is 907. The van der Waals surface area contributed by atoms with Gasteiger partial charge >= 0.3 is 11.9 Å². The highest BCUT2D eigenvalue weighted by molar-refractivity contribution is 5.67. The molecule has 13 heteroatoms. The lowest BCUT2D eigenvalue weighted by Crippen LogP contribution is -2.58. The monoisotopic (exact) mass is 532 g/mol. The van der Waals surface area contributed by atoms with Gasteiger partial charge in [0, 0.05) is 20.8 Å². The van der Waals surface area contributed by atoms with Crippen molar-refractivity contribution in [1.29, 1.82) is 0 Å². The average Bonchev–Trinajstić information content (AvgIpc) is 3.45. The highest BCUT2D eigenvalue weighted by atomic mass is 17.0. The number of hydrogen-bond donors (Lipinski definition) is 0. The zero-order valence-electron chi connectivity index (χ0n) is 22.3. The normalized spacial score (nSPS) is 47.9. The molecule has 0 aromatic carbocycles. The Labute approximate surface area is 215 Å². The van der Waals surface area contributed by atoms with Crippen LogP contribution in [0.4, 0.5) is 0 Å². The highest BCUT2D eigenvalue weighted by Gasteiger charge is 2.64. The van der Waals surface area contributed by atoms with Crippen molar-refractivity contribution in [2.45, 2.75) is 134 Å². The molecule has 5 rings (SSSR count). The smallest absolute Gasteiger partial charge is 0.303 e. The molecule has 1 unspecified atom stereocenters. The summed E-state index contributed by atoms with van der Waals surface area (Å²) in [6.45, 7) is 13.3. The number of hydrogen-bond acceptors (Lipinski definition) is 13.